The monoisotopic (exact) mass is 272 g/mol. The van der Waals surface area contributed by atoms with Crippen LogP contribution in [0.5, 0.6) is 0 Å². The molecular formula is C16H20N2O2. The third-order valence-electron chi connectivity index (χ3n) is 3.03. The zero-order valence-corrected chi connectivity index (χ0v) is 12.1. The third kappa shape index (κ3) is 4.43. The number of carbonyl (C=O) groups is 1. The summed E-state index contributed by atoms with van der Waals surface area (Å²) in [4.78, 5) is 12.8. The fourth-order valence-corrected chi connectivity index (χ4v) is 2.03. The smallest absolute Gasteiger partial charge is 0.328 e. The summed E-state index contributed by atoms with van der Waals surface area (Å²) in [6.45, 7) is 7.27. The van der Waals surface area contributed by atoms with Crippen molar-refractivity contribution in [2.24, 2.45) is 5.92 Å². The van der Waals surface area contributed by atoms with Crippen LogP contribution in [0.15, 0.2) is 24.3 Å². The molecule has 20 heavy (non-hydrogen) atoms. The topological polar surface area (TPSA) is 64.3 Å². The number of hydrogen-bond acceptors (Lipinski definition) is 3. The van der Waals surface area contributed by atoms with Gasteiger partial charge in [0.05, 0.1) is 12.0 Å². The van der Waals surface area contributed by atoms with Crippen LogP contribution in [0.2, 0.25) is 0 Å². The fourth-order valence-electron chi connectivity index (χ4n) is 2.03. The maximum Gasteiger partial charge on any atom is 0.328 e. The largest absolute Gasteiger partial charge is 0.478 e. The van der Waals surface area contributed by atoms with E-state index in [1.165, 1.54) is 0 Å². The first kappa shape index (κ1) is 15.8. The highest BCUT2D eigenvalue weighted by Gasteiger charge is 2.12. The van der Waals surface area contributed by atoms with E-state index in [1.54, 1.807) is 6.08 Å². The maximum atomic E-state index is 10.7. The van der Waals surface area contributed by atoms with Gasteiger partial charge in [0, 0.05) is 24.9 Å². The van der Waals surface area contributed by atoms with E-state index in [4.69, 9.17) is 10.4 Å². The van der Waals surface area contributed by atoms with Crippen LogP contribution in [0.1, 0.15) is 25.0 Å². The molecule has 1 aromatic rings. The number of aliphatic carboxylic acids is 1. The second kappa shape index (κ2) is 7.34. The molecule has 0 spiro atoms. The Bertz CT molecular complexity index is 544. The highest BCUT2D eigenvalue weighted by Crippen LogP contribution is 2.24. The molecule has 1 aromatic carbocycles. The van der Waals surface area contributed by atoms with Crippen LogP contribution >= 0.6 is 0 Å². The lowest BCUT2D eigenvalue weighted by atomic mass is 10.1. The van der Waals surface area contributed by atoms with Crippen LogP contribution in [0.25, 0.3) is 6.08 Å². The van der Waals surface area contributed by atoms with E-state index in [0.717, 1.165) is 29.4 Å². The summed E-state index contributed by atoms with van der Waals surface area (Å²) < 4.78 is 0. The molecule has 1 unspecified atom stereocenters. The molecule has 0 saturated heterocycles. The minimum atomic E-state index is -0.967. The number of benzene rings is 1. The molecule has 0 heterocycles. The van der Waals surface area contributed by atoms with E-state index in [9.17, 15) is 4.79 Å². The molecule has 0 aromatic heterocycles. The predicted octanol–water partition coefficient (Wildman–Crippen LogP) is 3.08. The average molecular weight is 272 g/mol. The van der Waals surface area contributed by atoms with Crippen molar-refractivity contribution in [1.82, 2.24) is 0 Å². The van der Waals surface area contributed by atoms with Gasteiger partial charge >= 0.3 is 5.97 Å². The molecule has 0 saturated carbocycles. The molecule has 0 aliphatic carbocycles. The average Bonchev–Trinajstić information content (AvgIpc) is 2.42. The molecule has 1 rings (SSSR count). The number of rotatable bonds is 6. The SMILES string of the molecule is CCN(CC(C)C#N)c1ccc(C)cc1/C=C/C(=O)O. The van der Waals surface area contributed by atoms with Crippen LogP contribution in [-0.2, 0) is 4.79 Å². The van der Waals surface area contributed by atoms with Gasteiger partial charge in [-0.15, -0.1) is 0 Å². The Morgan fingerprint density at radius 1 is 1.55 bits per heavy atom. The minimum Gasteiger partial charge on any atom is -0.478 e. The van der Waals surface area contributed by atoms with Crippen LogP contribution < -0.4 is 4.90 Å². The highest BCUT2D eigenvalue weighted by molar-refractivity contribution is 5.87. The fraction of sp³-hybridized carbons (Fsp3) is 0.375. The van der Waals surface area contributed by atoms with Gasteiger partial charge in [-0.3, -0.25) is 0 Å². The lowest BCUT2D eigenvalue weighted by Crippen LogP contribution is -2.28. The number of aryl methyl sites for hydroxylation is 1. The predicted molar refractivity (Wildman–Crippen MR) is 80.5 cm³/mol. The van der Waals surface area contributed by atoms with Crippen LogP contribution in [0, 0.1) is 24.2 Å². The van der Waals surface area contributed by atoms with E-state index >= 15 is 0 Å². The Morgan fingerprint density at radius 2 is 2.25 bits per heavy atom. The number of carboxylic acid groups (broad SMARTS) is 1. The standard InChI is InChI=1S/C16H20N2O2/c1-4-18(11-13(3)10-17)15-7-5-12(2)9-14(15)6-8-16(19)20/h5-9,13H,4,11H2,1-3H3,(H,19,20)/b8-6+. The maximum absolute atomic E-state index is 10.7. The van der Waals surface area contributed by atoms with Gasteiger partial charge in [-0.2, -0.15) is 5.26 Å². The molecule has 0 fully saturated rings. The Morgan fingerprint density at radius 3 is 2.80 bits per heavy atom. The van der Waals surface area contributed by atoms with Crippen LogP contribution in [0.4, 0.5) is 5.69 Å². The van der Waals surface area contributed by atoms with Crippen molar-refractivity contribution in [2.45, 2.75) is 20.8 Å². The summed E-state index contributed by atoms with van der Waals surface area (Å²) >= 11 is 0. The molecule has 0 bridgehead atoms. The van der Waals surface area contributed by atoms with Gasteiger partial charge in [0.2, 0.25) is 0 Å². The first-order valence-electron chi connectivity index (χ1n) is 6.64. The van der Waals surface area contributed by atoms with Gasteiger partial charge in [-0.25, -0.2) is 4.79 Å². The van der Waals surface area contributed by atoms with Crippen molar-refractivity contribution < 1.29 is 9.90 Å². The second-order valence-electron chi connectivity index (χ2n) is 4.80. The molecule has 4 heteroatoms. The second-order valence-corrected chi connectivity index (χ2v) is 4.80. The van der Waals surface area contributed by atoms with Gasteiger partial charge in [-0.05, 0) is 44.5 Å². The summed E-state index contributed by atoms with van der Waals surface area (Å²) in [5.74, 6) is -1.04. The minimum absolute atomic E-state index is 0.0763. The quantitative estimate of drug-likeness (QED) is 0.808. The lowest BCUT2D eigenvalue weighted by molar-refractivity contribution is -0.131. The molecule has 0 aliphatic rings. The number of carboxylic acids is 1. The molecule has 0 aliphatic heterocycles. The van der Waals surface area contributed by atoms with Gasteiger partial charge in [-0.1, -0.05) is 11.6 Å². The van der Waals surface area contributed by atoms with Gasteiger partial charge in [0.15, 0.2) is 0 Å². The van der Waals surface area contributed by atoms with Crippen molar-refractivity contribution >= 4 is 17.7 Å². The molecule has 0 amide bonds. The molecule has 106 valence electrons. The number of nitrogens with zero attached hydrogens (tertiary/aromatic N) is 2. The van der Waals surface area contributed by atoms with Crippen LogP contribution in [-0.4, -0.2) is 24.2 Å². The van der Waals surface area contributed by atoms with Gasteiger partial charge in [0.25, 0.3) is 0 Å². The Kier molecular flexibility index (Phi) is 5.79. The van der Waals surface area contributed by atoms with Crippen LogP contribution in [0.3, 0.4) is 0 Å². The summed E-state index contributed by atoms with van der Waals surface area (Å²) in [5.41, 5.74) is 2.89. The zero-order valence-electron chi connectivity index (χ0n) is 12.1. The van der Waals surface area contributed by atoms with Crippen molar-refractivity contribution in [3.63, 3.8) is 0 Å². The first-order chi connectivity index (χ1) is 9.47. The number of nitriles is 1. The lowest BCUT2D eigenvalue weighted by Gasteiger charge is -2.26. The van der Waals surface area contributed by atoms with Crippen molar-refractivity contribution in [2.75, 3.05) is 18.0 Å². The van der Waals surface area contributed by atoms with Crippen molar-refractivity contribution in [3.05, 3.63) is 35.4 Å². The van der Waals surface area contributed by atoms with E-state index in [2.05, 4.69) is 11.0 Å². The first-order valence-corrected chi connectivity index (χ1v) is 6.64. The van der Waals surface area contributed by atoms with Crippen molar-refractivity contribution in [3.8, 4) is 6.07 Å². The zero-order chi connectivity index (χ0) is 15.1. The summed E-state index contributed by atoms with van der Waals surface area (Å²) in [6.07, 6.45) is 2.74. The highest BCUT2D eigenvalue weighted by atomic mass is 16.4. The van der Waals surface area contributed by atoms with E-state index in [-0.39, 0.29) is 5.92 Å². The Balaban J connectivity index is 3.14. The van der Waals surface area contributed by atoms with Gasteiger partial charge < -0.3 is 10.0 Å². The number of hydrogen-bond donors (Lipinski definition) is 1. The van der Waals surface area contributed by atoms with E-state index in [1.807, 2.05) is 39.0 Å². The van der Waals surface area contributed by atoms with Crippen molar-refractivity contribution in [1.29, 1.82) is 5.26 Å². The third-order valence-corrected chi connectivity index (χ3v) is 3.03. The molecule has 0 radical (unpaired) electrons. The molecule has 1 atom stereocenters. The van der Waals surface area contributed by atoms with E-state index < -0.39 is 5.97 Å². The summed E-state index contributed by atoms with van der Waals surface area (Å²) in [5, 5.41) is 17.7. The molecule has 1 N–H and O–H groups in total. The summed E-state index contributed by atoms with van der Waals surface area (Å²) in [6, 6.07) is 8.15. The number of anilines is 1. The van der Waals surface area contributed by atoms with E-state index in [0.29, 0.717) is 6.54 Å². The molecule has 4 nitrogen and oxygen atoms in total. The Labute approximate surface area is 119 Å². The summed E-state index contributed by atoms with van der Waals surface area (Å²) in [7, 11) is 0. The molecular weight excluding hydrogens is 252 g/mol. The Hall–Kier alpha value is -2.28. The van der Waals surface area contributed by atoms with Gasteiger partial charge in [0.1, 0.15) is 0 Å². The normalized spacial score (nSPS) is 12.1.